The van der Waals surface area contributed by atoms with Crippen molar-refractivity contribution in [1.29, 1.82) is 0 Å². The van der Waals surface area contributed by atoms with E-state index in [9.17, 15) is 0 Å². The van der Waals surface area contributed by atoms with Crippen LogP contribution < -0.4 is 4.57 Å². The van der Waals surface area contributed by atoms with Crippen LogP contribution in [0.25, 0.3) is 66.2 Å². The van der Waals surface area contributed by atoms with Gasteiger partial charge in [-0.05, 0) is 72.7 Å². The quantitative estimate of drug-likeness (QED) is 0.173. The Kier molecular flexibility index (Phi) is 4.00. The molecule has 3 atom stereocenters. The van der Waals surface area contributed by atoms with Crippen molar-refractivity contribution < 1.29 is 4.57 Å². The molecule has 45 heavy (non-hydrogen) atoms. The topological polar surface area (TPSA) is 13.7 Å². The third-order valence-electron chi connectivity index (χ3n) is 12.1. The van der Waals surface area contributed by atoms with E-state index in [0.717, 1.165) is 0 Å². The molecule has 2 aliphatic carbocycles. The predicted octanol–water partition coefficient (Wildman–Crippen LogP) is 9.23. The lowest BCUT2D eigenvalue weighted by molar-refractivity contribution is -0.749. The van der Waals surface area contributed by atoms with Crippen molar-refractivity contribution in [3.63, 3.8) is 0 Å². The number of benzene rings is 5. The summed E-state index contributed by atoms with van der Waals surface area (Å²) in [7, 11) is 0. The molecule has 0 N–H and O–H groups in total. The summed E-state index contributed by atoms with van der Waals surface area (Å²) in [5, 5.41) is 5.45. The van der Waals surface area contributed by atoms with Gasteiger partial charge in [0.2, 0.25) is 0 Å². The fraction of sp³-hybridized carbons (Fsp3) is 0.167. The molecule has 5 aromatic carbocycles. The van der Waals surface area contributed by atoms with Crippen molar-refractivity contribution in [2.45, 2.75) is 31.2 Å². The first kappa shape index (κ1) is 23.3. The first-order valence-corrected chi connectivity index (χ1v) is 16.6. The van der Waals surface area contributed by atoms with Crippen LogP contribution in [-0.2, 0) is 12.0 Å². The van der Waals surface area contributed by atoms with Crippen LogP contribution in [0, 0.1) is 11.8 Å². The van der Waals surface area contributed by atoms with Crippen molar-refractivity contribution in [3.05, 3.63) is 138 Å². The average molecular weight is 577 g/mol. The number of fused-ring (bicyclic) bond motifs is 10. The van der Waals surface area contributed by atoms with Gasteiger partial charge in [-0.25, -0.2) is 4.57 Å². The van der Waals surface area contributed by atoms with Crippen molar-refractivity contribution in [2.24, 2.45) is 11.8 Å². The summed E-state index contributed by atoms with van der Waals surface area (Å²) < 4.78 is 8.01. The molecule has 4 aliphatic rings. The Hall–Kier alpha value is -5.15. The van der Waals surface area contributed by atoms with E-state index in [1.807, 2.05) is 0 Å². The van der Waals surface area contributed by atoms with E-state index in [4.69, 9.17) is 0 Å². The van der Waals surface area contributed by atoms with Gasteiger partial charge in [-0.1, -0.05) is 79.2 Å². The maximum atomic E-state index is 2.77. The van der Waals surface area contributed by atoms with Gasteiger partial charge < -0.3 is 4.57 Å². The molecule has 0 amide bonds. The molecule has 3 nitrogen and oxygen atoms in total. The highest BCUT2D eigenvalue weighted by Gasteiger charge is 2.63. The van der Waals surface area contributed by atoms with Gasteiger partial charge in [0.25, 0.3) is 5.82 Å². The second kappa shape index (κ2) is 7.73. The normalized spacial score (nSPS) is 22.0. The highest BCUT2D eigenvalue weighted by molar-refractivity contribution is 6.15. The molecule has 5 heterocycles. The minimum atomic E-state index is -0.280. The van der Waals surface area contributed by atoms with Crippen LogP contribution in [0.1, 0.15) is 36.0 Å². The van der Waals surface area contributed by atoms with Crippen LogP contribution in [0.5, 0.6) is 0 Å². The molecule has 0 radical (unpaired) electrons. The standard InChI is InChI=1S/C42H30N3/c1-2-9-25(10-3-1)28-18-22-37-43(24-28)42-33-14-8-11-26(33)23-27-17-19-31-29-12-4-6-15-34(29)44(40(31)38(27)42)36-21-20-32-30-13-5-7-16-35(30)45(37)41(32)39(36)42/h1-7,9-10,12-13,15-22,24,26,33H,8,11,14,23H2/q+1. The van der Waals surface area contributed by atoms with Gasteiger partial charge in [-0.15, -0.1) is 0 Å². The van der Waals surface area contributed by atoms with Gasteiger partial charge in [0.05, 0.1) is 28.5 Å². The molecular formula is C42H30N3+. The number of hydrogen-bond donors (Lipinski definition) is 0. The number of aromatic nitrogens is 3. The van der Waals surface area contributed by atoms with E-state index in [2.05, 4.69) is 135 Å². The molecule has 212 valence electrons. The summed E-state index contributed by atoms with van der Waals surface area (Å²) in [5.41, 5.74) is 13.7. The molecule has 3 unspecified atom stereocenters. The Morgan fingerprint density at radius 3 is 2.11 bits per heavy atom. The molecule has 8 aromatic rings. The van der Waals surface area contributed by atoms with Gasteiger partial charge in [0.15, 0.2) is 11.1 Å². The number of nitrogens with zero attached hydrogens (tertiary/aromatic N) is 3. The van der Waals surface area contributed by atoms with E-state index in [-0.39, 0.29) is 5.54 Å². The molecule has 0 bridgehead atoms. The minimum absolute atomic E-state index is 0.280. The van der Waals surface area contributed by atoms with E-state index >= 15 is 0 Å². The van der Waals surface area contributed by atoms with Gasteiger partial charge in [-0.2, -0.15) is 4.57 Å². The van der Waals surface area contributed by atoms with Gasteiger partial charge >= 0.3 is 0 Å². The first-order valence-electron chi connectivity index (χ1n) is 16.6. The van der Waals surface area contributed by atoms with Crippen LogP contribution in [0.4, 0.5) is 0 Å². The van der Waals surface area contributed by atoms with E-state index in [1.54, 1.807) is 11.1 Å². The maximum Gasteiger partial charge on any atom is 0.288 e. The summed E-state index contributed by atoms with van der Waals surface area (Å²) in [6.45, 7) is 0. The third-order valence-corrected chi connectivity index (χ3v) is 12.1. The van der Waals surface area contributed by atoms with E-state index < -0.39 is 0 Å². The summed E-state index contributed by atoms with van der Waals surface area (Å²) in [6.07, 6.45) is 7.59. The summed E-state index contributed by atoms with van der Waals surface area (Å²) in [5.74, 6) is 2.49. The fourth-order valence-corrected chi connectivity index (χ4v) is 10.6. The Bertz CT molecular complexity index is 2620. The van der Waals surface area contributed by atoms with Crippen molar-refractivity contribution in [3.8, 4) is 22.6 Å². The maximum absolute atomic E-state index is 2.77. The molecule has 2 aliphatic heterocycles. The monoisotopic (exact) mass is 576 g/mol. The molecular weight excluding hydrogens is 546 g/mol. The van der Waals surface area contributed by atoms with Gasteiger partial charge in [0.1, 0.15) is 5.52 Å². The van der Waals surface area contributed by atoms with Crippen LogP contribution in [0.15, 0.2) is 121 Å². The lowest BCUT2D eigenvalue weighted by Crippen LogP contribution is -2.68. The summed E-state index contributed by atoms with van der Waals surface area (Å²) in [6, 6.07) is 43.7. The van der Waals surface area contributed by atoms with Crippen LogP contribution in [0.3, 0.4) is 0 Å². The third kappa shape index (κ3) is 2.48. The average Bonchev–Trinajstić information content (AvgIpc) is 3.80. The summed E-state index contributed by atoms with van der Waals surface area (Å²) in [4.78, 5) is 0. The SMILES string of the molecule is c1ccc(-c2ccc3[n+](c2)C24c5c(ccc6c7ccccc7n(c56)-c5ccc6c7ccccc7n-3c6c52)CC2CCCC24)cc1. The molecule has 3 heteroatoms. The fourth-order valence-electron chi connectivity index (χ4n) is 10.6. The summed E-state index contributed by atoms with van der Waals surface area (Å²) >= 11 is 0. The second-order valence-corrected chi connectivity index (χ2v) is 13.8. The molecule has 12 rings (SSSR count). The zero-order valence-corrected chi connectivity index (χ0v) is 24.9. The van der Waals surface area contributed by atoms with E-state index in [1.165, 1.54) is 97.5 Å². The van der Waals surface area contributed by atoms with Crippen molar-refractivity contribution in [1.82, 2.24) is 9.13 Å². The Labute approximate surface area is 260 Å². The highest BCUT2D eigenvalue weighted by Crippen LogP contribution is 2.62. The Morgan fingerprint density at radius 1 is 0.578 bits per heavy atom. The Balaban J connectivity index is 1.39. The molecule has 1 spiro atoms. The Morgan fingerprint density at radius 2 is 1.29 bits per heavy atom. The highest BCUT2D eigenvalue weighted by atomic mass is 15.2. The predicted molar refractivity (Wildman–Crippen MR) is 181 cm³/mol. The lowest BCUT2D eigenvalue weighted by Gasteiger charge is -2.50. The largest absolute Gasteiger partial charge is 0.308 e. The zero-order valence-electron chi connectivity index (χ0n) is 24.9. The van der Waals surface area contributed by atoms with Crippen molar-refractivity contribution in [2.75, 3.05) is 0 Å². The minimum Gasteiger partial charge on any atom is -0.308 e. The van der Waals surface area contributed by atoms with Gasteiger partial charge in [0, 0.05) is 44.7 Å². The van der Waals surface area contributed by atoms with Crippen LogP contribution >= 0.6 is 0 Å². The number of hydrogen-bond acceptors (Lipinski definition) is 0. The number of para-hydroxylation sites is 2. The smallest absolute Gasteiger partial charge is 0.288 e. The molecule has 1 saturated carbocycles. The van der Waals surface area contributed by atoms with E-state index in [0.29, 0.717) is 11.8 Å². The number of pyridine rings is 1. The van der Waals surface area contributed by atoms with Gasteiger partial charge in [-0.3, -0.25) is 0 Å². The molecule has 0 saturated heterocycles. The second-order valence-electron chi connectivity index (χ2n) is 13.8. The zero-order chi connectivity index (χ0) is 29.0. The molecule has 3 aromatic heterocycles. The lowest BCUT2D eigenvalue weighted by atomic mass is 9.59. The van der Waals surface area contributed by atoms with Crippen molar-refractivity contribution >= 4 is 43.6 Å². The first-order chi connectivity index (χ1) is 22.3. The molecule has 1 fully saturated rings. The van der Waals surface area contributed by atoms with Crippen LogP contribution in [0.2, 0.25) is 0 Å². The van der Waals surface area contributed by atoms with Crippen LogP contribution in [-0.4, -0.2) is 9.13 Å². The number of rotatable bonds is 1.